The molecule has 2 atom stereocenters. The molecule has 1 rings (SSSR count). The lowest BCUT2D eigenvalue weighted by Crippen LogP contribution is -2.42. The van der Waals surface area contributed by atoms with Gasteiger partial charge in [0.05, 0.1) is 0 Å². The Balaban J connectivity index is 2.25. The Morgan fingerprint density at radius 1 is 1.67 bits per heavy atom. The first-order valence-corrected chi connectivity index (χ1v) is 6.02. The highest BCUT2D eigenvalue weighted by molar-refractivity contribution is 7.99. The standard InChI is InChI=1S/C9H20N2S/c1-8(10)6-11-5-3-4-9(7-11)12-2/h8-9H,3-7,10H2,1-2H3/t8-,9?/m1/s1. The highest BCUT2D eigenvalue weighted by Gasteiger charge is 2.18. The molecule has 1 aliphatic rings. The minimum Gasteiger partial charge on any atom is -0.327 e. The summed E-state index contributed by atoms with van der Waals surface area (Å²) in [6, 6.07) is 0.325. The molecule has 1 heterocycles. The van der Waals surface area contributed by atoms with E-state index >= 15 is 0 Å². The maximum atomic E-state index is 5.76. The van der Waals surface area contributed by atoms with Crippen molar-refractivity contribution in [2.75, 3.05) is 25.9 Å². The van der Waals surface area contributed by atoms with Gasteiger partial charge in [0.1, 0.15) is 0 Å². The fourth-order valence-electron chi connectivity index (χ4n) is 1.78. The normalized spacial score (nSPS) is 28.8. The summed E-state index contributed by atoms with van der Waals surface area (Å²) in [5.41, 5.74) is 5.76. The first-order valence-electron chi connectivity index (χ1n) is 4.73. The molecular weight excluding hydrogens is 168 g/mol. The molecule has 1 fully saturated rings. The predicted octanol–water partition coefficient (Wildman–Crippen LogP) is 1.16. The van der Waals surface area contributed by atoms with Crippen LogP contribution >= 0.6 is 11.8 Å². The number of nitrogens with two attached hydrogens (primary N) is 1. The Hall–Kier alpha value is 0.270. The minimum absolute atomic E-state index is 0.325. The fraction of sp³-hybridized carbons (Fsp3) is 1.00. The van der Waals surface area contributed by atoms with E-state index in [-0.39, 0.29) is 0 Å². The second-order valence-electron chi connectivity index (χ2n) is 3.74. The van der Waals surface area contributed by atoms with Gasteiger partial charge in [-0.15, -0.1) is 0 Å². The van der Waals surface area contributed by atoms with Crippen LogP contribution in [0.4, 0.5) is 0 Å². The van der Waals surface area contributed by atoms with E-state index in [1.165, 1.54) is 25.9 Å². The molecule has 0 amide bonds. The van der Waals surface area contributed by atoms with Crippen LogP contribution in [0.5, 0.6) is 0 Å². The quantitative estimate of drug-likeness (QED) is 0.721. The molecule has 2 nitrogen and oxygen atoms in total. The molecule has 0 saturated carbocycles. The van der Waals surface area contributed by atoms with Gasteiger partial charge in [-0.25, -0.2) is 0 Å². The molecule has 2 N–H and O–H groups in total. The lowest BCUT2D eigenvalue weighted by molar-refractivity contribution is 0.224. The van der Waals surface area contributed by atoms with E-state index in [0.717, 1.165) is 11.8 Å². The molecular formula is C9H20N2S. The molecule has 0 radical (unpaired) electrons. The monoisotopic (exact) mass is 188 g/mol. The summed E-state index contributed by atoms with van der Waals surface area (Å²) in [5.74, 6) is 0. The molecule has 1 unspecified atom stereocenters. The minimum atomic E-state index is 0.325. The second kappa shape index (κ2) is 5.10. The average molecular weight is 188 g/mol. The number of nitrogens with zero attached hydrogens (tertiary/aromatic N) is 1. The highest BCUT2D eigenvalue weighted by atomic mass is 32.2. The number of piperidine rings is 1. The molecule has 0 bridgehead atoms. The van der Waals surface area contributed by atoms with Gasteiger partial charge >= 0.3 is 0 Å². The van der Waals surface area contributed by atoms with E-state index in [4.69, 9.17) is 5.73 Å². The van der Waals surface area contributed by atoms with E-state index in [9.17, 15) is 0 Å². The van der Waals surface area contributed by atoms with Gasteiger partial charge in [-0.3, -0.25) is 0 Å². The summed E-state index contributed by atoms with van der Waals surface area (Å²) >= 11 is 1.99. The molecule has 12 heavy (non-hydrogen) atoms. The van der Waals surface area contributed by atoms with Crippen molar-refractivity contribution in [3.8, 4) is 0 Å². The lowest BCUT2D eigenvalue weighted by Gasteiger charge is -2.32. The van der Waals surface area contributed by atoms with Crippen molar-refractivity contribution in [1.29, 1.82) is 0 Å². The van der Waals surface area contributed by atoms with Gasteiger partial charge in [0.2, 0.25) is 0 Å². The van der Waals surface area contributed by atoms with Crippen LogP contribution in [-0.2, 0) is 0 Å². The van der Waals surface area contributed by atoms with E-state index < -0.39 is 0 Å². The third-order valence-electron chi connectivity index (χ3n) is 2.34. The maximum absolute atomic E-state index is 5.76. The van der Waals surface area contributed by atoms with Gasteiger partial charge in [0.15, 0.2) is 0 Å². The number of likely N-dealkylation sites (tertiary alicyclic amines) is 1. The maximum Gasteiger partial charge on any atom is 0.0172 e. The van der Waals surface area contributed by atoms with Crippen molar-refractivity contribution < 1.29 is 0 Å². The van der Waals surface area contributed by atoms with Crippen LogP contribution in [0.15, 0.2) is 0 Å². The van der Waals surface area contributed by atoms with E-state index in [0.29, 0.717) is 6.04 Å². The van der Waals surface area contributed by atoms with Crippen LogP contribution in [0.25, 0.3) is 0 Å². The van der Waals surface area contributed by atoms with Crippen LogP contribution in [0.3, 0.4) is 0 Å². The third-order valence-corrected chi connectivity index (χ3v) is 3.39. The van der Waals surface area contributed by atoms with Gasteiger partial charge in [0.25, 0.3) is 0 Å². The zero-order valence-electron chi connectivity index (χ0n) is 8.12. The largest absolute Gasteiger partial charge is 0.327 e. The molecule has 0 aromatic carbocycles. The van der Waals surface area contributed by atoms with Crippen LogP contribution in [0, 0.1) is 0 Å². The molecule has 0 spiro atoms. The van der Waals surface area contributed by atoms with Crippen molar-refractivity contribution in [3.63, 3.8) is 0 Å². The van der Waals surface area contributed by atoms with Crippen molar-refractivity contribution >= 4 is 11.8 Å². The summed E-state index contributed by atoms with van der Waals surface area (Å²) in [6.45, 7) is 5.64. The predicted molar refractivity (Wildman–Crippen MR) is 56.6 cm³/mol. The van der Waals surface area contributed by atoms with Gasteiger partial charge < -0.3 is 10.6 Å². The molecule has 72 valence electrons. The van der Waals surface area contributed by atoms with Crippen molar-refractivity contribution in [1.82, 2.24) is 4.90 Å². The fourth-order valence-corrected chi connectivity index (χ4v) is 2.54. The first kappa shape index (κ1) is 10.4. The lowest BCUT2D eigenvalue weighted by atomic mass is 10.1. The molecule has 0 aromatic rings. The highest BCUT2D eigenvalue weighted by Crippen LogP contribution is 2.19. The zero-order chi connectivity index (χ0) is 8.97. The van der Waals surface area contributed by atoms with E-state index in [1.54, 1.807) is 0 Å². The van der Waals surface area contributed by atoms with Gasteiger partial charge in [-0.2, -0.15) is 11.8 Å². The van der Waals surface area contributed by atoms with Crippen LogP contribution in [-0.4, -0.2) is 42.1 Å². The zero-order valence-corrected chi connectivity index (χ0v) is 8.94. The SMILES string of the molecule is CSC1CCCN(C[C@@H](C)N)C1. The van der Waals surface area contributed by atoms with Gasteiger partial charge in [-0.05, 0) is 32.6 Å². The molecule has 1 aliphatic heterocycles. The number of thioether (sulfide) groups is 1. The average Bonchev–Trinajstić information content (AvgIpc) is 2.03. The Morgan fingerprint density at radius 2 is 2.42 bits per heavy atom. The number of hydrogen-bond donors (Lipinski definition) is 1. The molecule has 0 aromatic heterocycles. The van der Waals surface area contributed by atoms with Crippen LogP contribution in [0.1, 0.15) is 19.8 Å². The van der Waals surface area contributed by atoms with Crippen LogP contribution in [0.2, 0.25) is 0 Å². The summed E-state index contributed by atoms with van der Waals surface area (Å²) in [6.07, 6.45) is 4.94. The Bertz CT molecular complexity index is 128. The smallest absolute Gasteiger partial charge is 0.0172 e. The van der Waals surface area contributed by atoms with Gasteiger partial charge in [-0.1, -0.05) is 0 Å². The Kier molecular flexibility index (Phi) is 4.40. The third kappa shape index (κ3) is 3.33. The number of rotatable bonds is 3. The van der Waals surface area contributed by atoms with Gasteiger partial charge in [0, 0.05) is 24.4 Å². The topological polar surface area (TPSA) is 29.3 Å². The first-order chi connectivity index (χ1) is 5.72. The van der Waals surface area contributed by atoms with E-state index in [1.807, 2.05) is 11.8 Å². The van der Waals surface area contributed by atoms with E-state index in [2.05, 4.69) is 18.1 Å². The summed E-state index contributed by atoms with van der Waals surface area (Å²) in [4.78, 5) is 2.50. The number of hydrogen-bond acceptors (Lipinski definition) is 3. The molecule has 0 aliphatic carbocycles. The Morgan fingerprint density at radius 3 is 3.00 bits per heavy atom. The Labute approximate surface area is 79.9 Å². The van der Waals surface area contributed by atoms with Crippen molar-refractivity contribution in [2.24, 2.45) is 5.73 Å². The summed E-state index contributed by atoms with van der Waals surface area (Å²) in [7, 11) is 0. The second-order valence-corrected chi connectivity index (χ2v) is 4.87. The molecule has 1 saturated heterocycles. The summed E-state index contributed by atoms with van der Waals surface area (Å²) < 4.78 is 0. The summed E-state index contributed by atoms with van der Waals surface area (Å²) in [5, 5.41) is 0.845. The van der Waals surface area contributed by atoms with Crippen LogP contribution < -0.4 is 5.73 Å². The molecule has 3 heteroatoms. The van der Waals surface area contributed by atoms with Crippen molar-refractivity contribution in [2.45, 2.75) is 31.1 Å². The van der Waals surface area contributed by atoms with Crippen molar-refractivity contribution in [3.05, 3.63) is 0 Å².